The first-order valence-electron chi connectivity index (χ1n) is 17.7. The zero-order valence-corrected chi connectivity index (χ0v) is 26.6. The monoisotopic (exact) mass is 541 g/mol. The fourth-order valence-corrected chi connectivity index (χ4v) is 5.49. The zero-order chi connectivity index (χ0) is 27.9. The minimum absolute atomic E-state index is 0.905. The summed E-state index contributed by atoms with van der Waals surface area (Å²) < 4.78 is 0. The van der Waals surface area contributed by atoms with E-state index in [-0.39, 0.29) is 0 Å². The van der Waals surface area contributed by atoms with Gasteiger partial charge in [0.2, 0.25) is 0 Å². The van der Waals surface area contributed by atoms with Crippen LogP contribution in [0.3, 0.4) is 0 Å². The van der Waals surface area contributed by atoms with E-state index in [2.05, 4.69) is 54.5 Å². The van der Waals surface area contributed by atoms with Gasteiger partial charge < -0.3 is 5.32 Å². The Morgan fingerprint density at radius 3 is 1.38 bits per heavy atom. The Hall–Kier alpha value is -1.31. The fourth-order valence-electron chi connectivity index (χ4n) is 5.49. The summed E-state index contributed by atoms with van der Waals surface area (Å²) in [5.41, 5.74) is 1.25. The Morgan fingerprint density at radius 2 is 0.974 bits per heavy atom. The van der Waals surface area contributed by atoms with Crippen molar-refractivity contribution in [1.82, 2.24) is 5.32 Å². The minimum Gasteiger partial charge on any atom is -0.368 e. The van der Waals surface area contributed by atoms with Crippen molar-refractivity contribution >= 4 is 5.84 Å². The van der Waals surface area contributed by atoms with E-state index in [1.165, 1.54) is 173 Å². The summed E-state index contributed by atoms with van der Waals surface area (Å²) in [6.07, 6.45) is 47.9. The number of nitrogens with zero attached hydrogens (tertiary/aromatic N) is 1. The van der Waals surface area contributed by atoms with Crippen molar-refractivity contribution in [3.8, 4) is 0 Å². The number of unbranched alkanes of at least 4 members (excludes halogenated alkanes) is 24. The molecular formula is C37H68N2. The summed E-state index contributed by atoms with van der Waals surface area (Å²) in [4.78, 5) is 4.66. The van der Waals surface area contributed by atoms with Crippen LogP contribution in [0, 0.1) is 0 Å². The van der Waals surface area contributed by atoms with Gasteiger partial charge in [-0.3, -0.25) is 4.99 Å². The fraction of sp³-hybridized carbons (Fsp3) is 0.811. The lowest BCUT2D eigenvalue weighted by Gasteiger charge is -2.03. The molecule has 0 aromatic heterocycles. The molecule has 0 saturated carbocycles. The second-order valence-electron chi connectivity index (χ2n) is 12.0. The van der Waals surface area contributed by atoms with Gasteiger partial charge in [-0.15, -0.1) is 0 Å². The minimum atomic E-state index is 0.905. The van der Waals surface area contributed by atoms with E-state index < -0.39 is 0 Å². The molecular weight excluding hydrogens is 472 g/mol. The Kier molecular flexibility index (Phi) is 27.2. The normalized spacial score (nSPS) is 14.1. The molecule has 1 rings (SSSR count). The molecule has 39 heavy (non-hydrogen) atoms. The van der Waals surface area contributed by atoms with Crippen LogP contribution in [-0.2, 0) is 0 Å². The molecule has 0 aliphatic carbocycles. The summed E-state index contributed by atoms with van der Waals surface area (Å²) >= 11 is 0. The van der Waals surface area contributed by atoms with Gasteiger partial charge in [-0.1, -0.05) is 185 Å². The lowest BCUT2D eigenvalue weighted by molar-refractivity contribution is 0.540. The first kappa shape index (κ1) is 35.7. The predicted molar refractivity (Wildman–Crippen MR) is 178 cm³/mol. The number of hydrogen-bond donors (Lipinski definition) is 1. The molecule has 2 nitrogen and oxygen atoms in total. The molecule has 1 heterocycles. The third-order valence-electron chi connectivity index (χ3n) is 8.11. The van der Waals surface area contributed by atoms with Crippen LogP contribution in [0.4, 0.5) is 0 Å². The molecule has 0 aromatic rings. The van der Waals surface area contributed by atoms with Crippen LogP contribution >= 0.6 is 0 Å². The van der Waals surface area contributed by atoms with Crippen molar-refractivity contribution in [3.63, 3.8) is 0 Å². The van der Waals surface area contributed by atoms with Gasteiger partial charge in [-0.25, -0.2) is 0 Å². The molecule has 0 bridgehead atoms. The van der Waals surface area contributed by atoms with Gasteiger partial charge in [0.05, 0.1) is 6.54 Å². The van der Waals surface area contributed by atoms with E-state index >= 15 is 0 Å². The van der Waals surface area contributed by atoms with Crippen molar-refractivity contribution in [3.05, 3.63) is 36.0 Å². The maximum absolute atomic E-state index is 4.66. The van der Waals surface area contributed by atoms with Gasteiger partial charge in [0, 0.05) is 12.1 Å². The highest BCUT2D eigenvalue weighted by molar-refractivity contribution is 6.01. The van der Waals surface area contributed by atoms with Crippen molar-refractivity contribution in [2.75, 3.05) is 13.1 Å². The summed E-state index contributed by atoms with van der Waals surface area (Å²) in [7, 11) is 0. The molecule has 0 atom stereocenters. The van der Waals surface area contributed by atoms with Crippen LogP contribution in [0.5, 0.6) is 0 Å². The van der Waals surface area contributed by atoms with Gasteiger partial charge in [0.25, 0.3) is 0 Å². The first-order chi connectivity index (χ1) is 19.4. The Morgan fingerprint density at radius 1 is 0.564 bits per heavy atom. The molecule has 0 fully saturated rings. The van der Waals surface area contributed by atoms with Crippen LogP contribution < -0.4 is 5.32 Å². The molecule has 1 aliphatic rings. The molecule has 1 N–H and O–H groups in total. The third kappa shape index (κ3) is 24.2. The second-order valence-corrected chi connectivity index (χ2v) is 12.0. The highest BCUT2D eigenvalue weighted by Gasteiger charge is 2.07. The van der Waals surface area contributed by atoms with E-state index in [0.29, 0.717) is 0 Å². The molecule has 1 aliphatic heterocycles. The lowest BCUT2D eigenvalue weighted by Crippen LogP contribution is -2.19. The van der Waals surface area contributed by atoms with Gasteiger partial charge in [0.1, 0.15) is 5.84 Å². The molecule has 0 radical (unpaired) electrons. The van der Waals surface area contributed by atoms with Crippen LogP contribution in [0.25, 0.3) is 0 Å². The Bertz CT molecular complexity index is 627. The van der Waals surface area contributed by atoms with Crippen LogP contribution in [0.15, 0.2) is 40.9 Å². The number of allylic oxidation sites excluding steroid dienone is 4. The highest BCUT2D eigenvalue weighted by Crippen LogP contribution is 2.14. The number of aliphatic imine (C=N–C) groups is 1. The number of amidine groups is 1. The largest absolute Gasteiger partial charge is 0.368 e. The Balaban J connectivity index is 2.06. The lowest BCUT2D eigenvalue weighted by atomic mass is 10.0. The van der Waals surface area contributed by atoms with Crippen molar-refractivity contribution in [1.29, 1.82) is 0 Å². The van der Waals surface area contributed by atoms with Crippen LogP contribution in [0.2, 0.25) is 0 Å². The van der Waals surface area contributed by atoms with Gasteiger partial charge in [0.15, 0.2) is 0 Å². The molecule has 0 unspecified atom stereocenters. The SMILES string of the molecule is CCCCCCCCCCCCCC=CC=C(C=CCCCCCCCCCCCCCCC)C1=NCCN1. The van der Waals surface area contributed by atoms with E-state index in [0.717, 1.165) is 18.9 Å². The van der Waals surface area contributed by atoms with Crippen molar-refractivity contribution in [2.45, 2.75) is 181 Å². The molecule has 0 saturated heterocycles. The molecule has 0 aromatic carbocycles. The summed E-state index contributed by atoms with van der Waals surface area (Å²) in [6.45, 7) is 6.47. The third-order valence-corrected chi connectivity index (χ3v) is 8.11. The average molecular weight is 541 g/mol. The average Bonchev–Trinajstić information content (AvgIpc) is 3.49. The Labute approximate surface area is 245 Å². The van der Waals surface area contributed by atoms with Gasteiger partial charge in [-0.2, -0.15) is 0 Å². The first-order valence-corrected chi connectivity index (χ1v) is 17.7. The second kappa shape index (κ2) is 29.7. The number of hydrogen-bond acceptors (Lipinski definition) is 2. The van der Waals surface area contributed by atoms with Crippen molar-refractivity contribution in [2.24, 2.45) is 4.99 Å². The van der Waals surface area contributed by atoms with E-state index in [1.54, 1.807) is 0 Å². The summed E-state index contributed by atoms with van der Waals surface area (Å²) in [6, 6.07) is 0. The maximum atomic E-state index is 4.66. The maximum Gasteiger partial charge on any atom is 0.128 e. The van der Waals surface area contributed by atoms with Crippen LogP contribution in [-0.4, -0.2) is 18.9 Å². The van der Waals surface area contributed by atoms with Crippen LogP contribution in [0.1, 0.15) is 181 Å². The standard InChI is InChI=1S/C37H68N2/c1-3-5-7-9-11-13-15-17-19-21-23-25-27-29-31-33-36(37-38-34-35-39-37)32-30-28-26-24-22-20-18-16-14-12-10-8-6-4-2/h28,30-33H,3-27,29,34-35H2,1-2H3,(H,38,39). The predicted octanol–water partition coefficient (Wildman–Crippen LogP) is 12.2. The molecule has 2 heteroatoms. The number of nitrogens with one attached hydrogen (secondary N) is 1. The van der Waals surface area contributed by atoms with Crippen molar-refractivity contribution < 1.29 is 0 Å². The summed E-state index contributed by atoms with van der Waals surface area (Å²) in [5.74, 6) is 1.08. The highest BCUT2D eigenvalue weighted by atomic mass is 15.1. The zero-order valence-electron chi connectivity index (χ0n) is 26.6. The van der Waals surface area contributed by atoms with Gasteiger partial charge in [-0.05, 0) is 25.7 Å². The summed E-state index contributed by atoms with van der Waals surface area (Å²) in [5, 5.41) is 3.46. The molecule has 0 spiro atoms. The van der Waals surface area contributed by atoms with Gasteiger partial charge >= 0.3 is 0 Å². The smallest absolute Gasteiger partial charge is 0.128 e. The number of rotatable bonds is 29. The van der Waals surface area contributed by atoms with E-state index in [4.69, 9.17) is 0 Å². The quantitative estimate of drug-likeness (QED) is 0.0740. The van der Waals surface area contributed by atoms with E-state index in [1.807, 2.05) is 0 Å². The van der Waals surface area contributed by atoms with E-state index in [9.17, 15) is 0 Å². The molecule has 226 valence electrons. The topological polar surface area (TPSA) is 24.4 Å². The molecule has 0 amide bonds.